The second-order valence-electron chi connectivity index (χ2n) is 6.70. The molecule has 0 spiro atoms. The number of nitro benzene ring substituents is 1. The molecule has 1 aromatic carbocycles. The number of esters is 1. The van der Waals surface area contributed by atoms with Crippen LogP contribution in [0.25, 0.3) is 5.13 Å². The number of thiazole rings is 1. The Balaban J connectivity index is 1.54. The van der Waals surface area contributed by atoms with E-state index in [1.54, 1.807) is 19.2 Å². The number of hydrogen-bond donors (Lipinski definition) is 0. The highest BCUT2D eigenvalue weighted by molar-refractivity contribution is 7.12. The Morgan fingerprint density at radius 3 is 2.55 bits per heavy atom. The lowest BCUT2D eigenvalue weighted by atomic mass is 10.1. The molecule has 0 fully saturated rings. The molecule has 1 aliphatic heterocycles. The molecule has 0 saturated heterocycles. The maximum atomic E-state index is 12.7. The Kier molecular flexibility index (Phi) is 5.42. The Morgan fingerprint density at radius 2 is 1.90 bits per heavy atom. The van der Waals surface area contributed by atoms with Gasteiger partial charge in [-0.1, -0.05) is 0 Å². The van der Waals surface area contributed by atoms with E-state index in [1.165, 1.54) is 17.4 Å². The monoisotopic (exact) mass is 443 g/mol. The van der Waals surface area contributed by atoms with E-state index in [4.69, 9.17) is 14.2 Å². The number of benzene rings is 1. The zero-order valence-corrected chi connectivity index (χ0v) is 17.4. The lowest BCUT2D eigenvalue weighted by Crippen LogP contribution is -2.18. The van der Waals surface area contributed by atoms with Gasteiger partial charge in [-0.3, -0.25) is 19.5 Å². The van der Waals surface area contributed by atoms with Crippen LogP contribution < -0.4 is 9.47 Å². The van der Waals surface area contributed by atoms with E-state index >= 15 is 0 Å². The Labute approximate surface area is 180 Å². The molecule has 31 heavy (non-hydrogen) atoms. The molecule has 2 aromatic heterocycles. The third-order valence-corrected chi connectivity index (χ3v) is 5.51. The minimum Gasteiger partial charge on any atom is -0.486 e. The molecule has 10 nitrogen and oxygen atoms in total. The van der Waals surface area contributed by atoms with Gasteiger partial charge >= 0.3 is 5.97 Å². The maximum Gasteiger partial charge on any atom is 0.345 e. The summed E-state index contributed by atoms with van der Waals surface area (Å²) in [4.78, 5) is 40.2. The summed E-state index contributed by atoms with van der Waals surface area (Å²) >= 11 is 1.43. The van der Waals surface area contributed by atoms with E-state index in [1.807, 2.05) is 16.9 Å². The van der Waals surface area contributed by atoms with Crippen LogP contribution in [0, 0.1) is 24.0 Å². The zero-order valence-electron chi connectivity index (χ0n) is 16.6. The number of ketones is 1. The lowest BCUT2D eigenvalue weighted by molar-refractivity contribution is -0.385. The molecule has 0 saturated carbocycles. The first-order chi connectivity index (χ1) is 14.9. The number of aromatic nitrogens is 2. The van der Waals surface area contributed by atoms with Crippen molar-refractivity contribution in [2.75, 3.05) is 19.8 Å². The van der Waals surface area contributed by atoms with E-state index in [-0.39, 0.29) is 30.3 Å². The summed E-state index contributed by atoms with van der Waals surface area (Å²) in [5.41, 5.74) is 1.07. The molecule has 160 valence electrons. The SMILES string of the molecule is Cc1cc(C(=O)COC(=O)c2cc3c(cc2[N+](=O)[O-])OCCO3)c(C)n1-c1nccs1. The highest BCUT2D eigenvalue weighted by Gasteiger charge is 2.28. The molecular weight excluding hydrogens is 426 g/mol. The first-order valence-electron chi connectivity index (χ1n) is 9.24. The number of nitrogens with zero attached hydrogens (tertiary/aromatic N) is 3. The predicted molar refractivity (Wildman–Crippen MR) is 110 cm³/mol. The van der Waals surface area contributed by atoms with Crippen LogP contribution in [0.1, 0.15) is 32.1 Å². The van der Waals surface area contributed by atoms with Gasteiger partial charge in [-0.2, -0.15) is 0 Å². The molecule has 0 bridgehead atoms. The van der Waals surface area contributed by atoms with Gasteiger partial charge in [-0.05, 0) is 19.9 Å². The Hall–Kier alpha value is -3.73. The van der Waals surface area contributed by atoms with Gasteiger partial charge in [0.25, 0.3) is 5.69 Å². The average molecular weight is 443 g/mol. The van der Waals surface area contributed by atoms with Crippen molar-refractivity contribution in [2.24, 2.45) is 0 Å². The molecule has 0 atom stereocenters. The molecular formula is C20H17N3O7S. The van der Waals surface area contributed by atoms with Crippen LogP contribution in [-0.4, -0.2) is 46.0 Å². The van der Waals surface area contributed by atoms with Crippen molar-refractivity contribution in [3.8, 4) is 16.6 Å². The number of hydrogen-bond acceptors (Lipinski definition) is 9. The summed E-state index contributed by atoms with van der Waals surface area (Å²) in [5.74, 6) is -1.03. The van der Waals surface area contributed by atoms with Gasteiger partial charge in [0, 0.05) is 34.6 Å². The number of aryl methyl sites for hydroxylation is 1. The first kappa shape index (κ1) is 20.5. The van der Waals surface area contributed by atoms with Crippen molar-refractivity contribution in [1.82, 2.24) is 9.55 Å². The number of ether oxygens (including phenoxy) is 3. The molecule has 11 heteroatoms. The topological polar surface area (TPSA) is 123 Å². The fourth-order valence-corrected chi connectivity index (χ4v) is 4.10. The average Bonchev–Trinajstić information content (AvgIpc) is 3.38. The molecule has 0 radical (unpaired) electrons. The maximum absolute atomic E-state index is 12.7. The minimum absolute atomic E-state index is 0.181. The van der Waals surface area contributed by atoms with Gasteiger partial charge in [-0.15, -0.1) is 11.3 Å². The molecule has 3 heterocycles. The molecule has 0 aliphatic carbocycles. The van der Waals surface area contributed by atoms with Crippen molar-refractivity contribution in [2.45, 2.75) is 13.8 Å². The highest BCUT2D eigenvalue weighted by atomic mass is 32.1. The summed E-state index contributed by atoms with van der Waals surface area (Å²) in [6, 6.07) is 4.02. The Morgan fingerprint density at radius 1 is 1.19 bits per heavy atom. The van der Waals surface area contributed by atoms with Crippen LogP contribution in [0.2, 0.25) is 0 Å². The number of Topliss-reactive ketones (excluding diaryl/α,β-unsaturated/α-hetero) is 1. The summed E-state index contributed by atoms with van der Waals surface area (Å²) in [7, 11) is 0. The number of fused-ring (bicyclic) bond motifs is 1. The number of nitro groups is 1. The van der Waals surface area contributed by atoms with E-state index in [0.29, 0.717) is 11.3 Å². The third kappa shape index (κ3) is 3.87. The largest absolute Gasteiger partial charge is 0.486 e. The van der Waals surface area contributed by atoms with E-state index in [0.717, 1.165) is 16.9 Å². The second kappa shape index (κ2) is 8.19. The normalized spacial score (nSPS) is 12.5. The predicted octanol–water partition coefficient (Wildman–Crippen LogP) is 3.27. The van der Waals surface area contributed by atoms with Gasteiger partial charge in [0.15, 0.2) is 23.2 Å². The number of rotatable bonds is 6. The highest BCUT2D eigenvalue weighted by Crippen LogP contribution is 2.37. The van der Waals surface area contributed by atoms with E-state index in [9.17, 15) is 19.7 Å². The molecule has 4 rings (SSSR count). The fraction of sp³-hybridized carbons (Fsp3) is 0.250. The summed E-state index contributed by atoms with van der Waals surface area (Å²) in [6.07, 6.45) is 1.67. The summed E-state index contributed by atoms with van der Waals surface area (Å²) in [5, 5.41) is 13.9. The molecule has 3 aromatic rings. The van der Waals surface area contributed by atoms with Gasteiger partial charge < -0.3 is 14.2 Å². The van der Waals surface area contributed by atoms with Crippen molar-refractivity contribution in [3.63, 3.8) is 0 Å². The molecule has 0 unspecified atom stereocenters. The van der Waals surface area contributed by atoms with Gasteiger partial charge in [-0.25, -0.2) is 9.78 Å². The van der Waals surface area contributed by atoms with Crippen molar-refractivity contribution in [1.29, 1.82) is 0 Å². The second-order valence-corrected chi connectivity index (χ2v) is 7.58. The van der Waals surface area contributed by atoms with Gasteiger partial charge in [0.2, 0.25) is 5.78 Å². The molecule has 0 N–H and O–H groups in total. The van der Waals surface area contributed by atoms with Crippen LogP contribution in [0.3, 0.4) is 0 Å². The van der Waals surface area contributed by atoms with Gasteiger partial charge in [0.1, 0.15) is 18.8 Å². The van der Waals surface area contributed by atoms with Crippen LogP contribution >= 0.6 is 11.3 Å². The van der Waals surface area contributed by atoms with Gasteiger partial charge in [0.05, 0.1) is 11.0 Å². The smallest absolute Gasteiger partial charge is 0.345 e. The van der Waals surface area contributed by atoms with E-state index in [2.05, 4.69) is 4.98 Å². The van der Waals surface area contributed by atoms with Crippen molar-refractivity contribution < 1.29 is 28.7 Å². The number of carbonyl (C=O) groups excluding carboxylic acids is 2. The van der Waals surface area contributed by atoms with Crippen LogP contribution in [0.15, 0.2) is 29.8 Å². The molecule has 0 amide bonds. The summed E-state index contributed by atoms with van der Waals surface area (Å²) in [6.45, 7) is 3.56. The number of carbonyl (C=O) groups is 2. The van der Waals surface area contributed by atoms with Crippen LogP contribution in [0.4, 0.5) is 5.69 Å². The minimum atomic E-state index is -0.995. The zero-order chi connectivity index (χ0) is 22.1. The van der Waals surface area contributed by atoms with E-state index < -0.39 is 29.0 Å². The molecule has 1 aliphatic rings. The third-order valence-electron chi connectivity index (χ3n) is 4.75. The standard InChI is InChI=1S/C20H17N3O7S/c1-11-7-13(12(2)22(11)20-21-3-6-31-20)16(24)10-30-19(25)14-8-17-18(29-5-4-28-17)9-15(14)23(26)27/h3,6-9H,4-5,10H2,1-2H3. The lowest BCUT2D eigenvalue weighted by Gasteiger charge is -2.18. The first-order valence-corrected chi connectivity index (χ1v) is 10.1. The van der Waals surface area contributed by atoms with Crippen LogP contribution in [0.5, 0.6) is 11.5 Å². The fourth-order valence-electron chi connectivity index (χ4n) is 3.35. The Bertz CT molecular complexity index is 1180. The van der Waals surface area contributed by atoms with Crippen molar-refractivity contribution in [3.05, 3.63) is 62.4 Å². The van der Waals surface area contributed by atoms with Crippen LogP contribution in [-0.2, 0) is 4.74 Å². The van der Waals surface area contributed by atoms with Crippen molar-refractivity contribution >= 4 is 28.8 Å². The quantitative estimate of drug-likeness (QED) is 0.246. The summed E-state index contributed by atoms with van der Waals surface area (Å²) < 4.78 is 17.6.